The number of nitrogens with one attached hydrogen (secondary N) is 1. The smallest absolute Gasteiger partial charge is 0.0715 e. The number of likely N-dealkylation sites (N-methyl/N-ethyl adjacent to an activating group) is 2. The lowest BCUT2D eigenvalue weighted by Gasteiger charge is -2.37. The van der Waals surface area contributed by atoms with E-state index in [0.29, 0.717) is 12.1 Å². The van der Waals surface area contributed by atoms with Gasteiger partial charge >= 0.3 is 0 Å². The third kappa shape index (κ3) is 2.15. The Morgan fingerprint density at radius 1 is 1.64 bits per heavy atom. The van der Waals surface area contributed by atoms with Crippen LogP contribution in [0.5, 0.6) is 0 Å². The van der Waals surface area contributed by atoms with Crippen molar-refractivity contribution in [3.05, 3.63) is 0 Å². The Morgan fingerprint density at radius 3 is 2.91 bits per heavy atom. The van der Waals surface area contributed by atoms with E-state index in [1.807, 2.05) is 7.05 Å². The third-order valence-electron chi connectivity index (χ3n) is 2.35. The van der Waals surface area contributed by atoms with Crippen LogP contribution in [0.3, 0.4) is 0 Å². The quantitative estimate of drug-likeness (QED) is 0.608. The first-order chi connectivity index (χ1) is 5.25. The number of ether oxygens (including phenoxy) is 1. The summed E-state index contributed by atoms with van der Waals surface area (Å²) in [6.45, 7) is 5.07. The molecule has 0 aliphatic carbocycles. The zero-order valence-electron chi connectivity index (χ0n) is 7.63. The average Bonchev–Trinajstić information content (AvgIpc) is 1.97. The lowest BCUT2D eigenvalue weighted by molar-refractivity contribution is -0.0499. The molecule has 3 heteroatoms. The summed E-state index contributed by atoms with van der Waals surface area (Å²) >= 11 is 0. The maximum Gasteiger partial charge on any atom is 0.0715 e. The van der Waals surface area contributed by atoms with E-state index in [4.69, 9.17) is 4.74 Å². The Morgan fingerprint density at radius 2 is 2.36 bits per heavy atom. The molecule has 1 N–H and O–H groups in total. The van der Waals surface area contributed by atoms with Gasteiger partial charge in [-0.05, 0) is 21.0 Å². The topological polar surface area (TPSA) is 24.5 Å². The molecule has 1 saturated heterocycles. The summed E-state index contributed by atoms with van der Waals surface area (Å²) < 4.78 is 5.53. The van der Waals surface area contributed by atoms with Crippen LogP contribution in [-0.2, 0) is 4.74 Å². The molecule has 3 nitrogen and oxygen atoms in total. The molecule has 1 aliphatic heterocycles. The second-order valence-corrected chi connectivity index (χ2v) is 3.18. The molecule has 11 heavy (non-hydrogen) atoms. The highest BCUT2D eigenvalue weighted by Crippen LogP contribution is 2.10. The number of nitrogens with zero attached hydrogens (tertiary/aromatic N) is 1. The van der Waals surface area contributed by atoms with E-state index in [1.54, 1.807) is 0 Å². The second kappa shape index (κ2) is 4.04. The van der Waals surface area contributed by atoms with E-state index >= 15 is 0 Å². The lowest BCUT2D eigenvalue weighted by atomic mass is 10.1. The van der Waals surface area contributed by atoms with Crippen molar-refractivity contribution < 1.29 is 4.74 Å². The number of rotatable bonds is 2. The van der Waals surface area contributed by atoms with Gasteiger partial charge in [-0.2, -0.15) is 0 Å². The Labute approximate surface area is 68.7 Å². The minimum atomic E-state index is 0.362. The molecule has 1 aliphatic rings. The molecular weight excluding hydrogens is 140 g/mol. The van der Waals surface area contributed by atoms with Crippen molar-refractivity contribution in [2.75, 3.05) is 33.8 Å². The van der Waals surface area contributed by atoms with Gasteiger partial charge in [-0.25, -0.2) is 0 Å². The van der Waals surface area contributed by atoms with Gasteiger partial charge in [-0.15, -0.1) is 0 Å². The fourth-order valence-electron chi connectivity index (χ4n) is 1.55. The molecule has 0 saturated carbocycles. The van der Waals surface area contributed by atoms with Crippen molar-refractivity contribution >= 4 is 0 Å². The van der Waals surface area contributed by atoms with Gasteiger partial charge in [-0.1, -0.05) is 0 Å². The van der Waals surface area contributed by atoms with Crippen molar-refractivity contribution in [3.63, 3.8) is 0 Å². The van der Waals surface area contributed by atoms with Gasteiger partial charge in [0, 0.05) is 19.1 Å². The van der Waals surface area contributed by atoms with Crippen molar-refractivity contribution in [1.29, 1.82) is 0 Å². The molecule has 0 aromatic carbocycles. The van der Waals surface area contributed by atoms with Crippen molar-refractivity contribution in [1.82, 2.24) is 10.2 Å². The molecule has 0 aromatic rings. The van der Waals surface area contributed by atoms with Crippen LogP contribution in [0.25, 0.3) is 0 Å². The summed E-state index contributed by atoms with van der Waals surface area (Å²) in [6, 6.07) is 0.536. The molecule has 1 fully saturated rings. The Hall–Kier alpha value is -0.120. The van der Waals surface area contributed by atoms with E-state index in [1.165, 1.54) is 0 Å². The molecule has 2 atom stereocenters. The average molecular weight is 158 g/mol. The highest BCUT2D eigenvalue weighted by atomic mass is 16.5. The largest absolute Gasteiger partial charge is 0.376 e. The number of hydrogen-bond acceptors (Lipinski definition) is 3. The van der Waals surface area contributed by atoms with Gasteiger partial charge in [-0.3, -0.25) is 4.90 Å². The predicted octanol–water partition coefficient (Wildman–Crippen LogP) is -0.0751. The van der Waals surface area contributed by atoms with E-state index < -0.39 is 0 Å². The van der Waals surface area contributed by atoms with Crippen molar-refractivity contribution in [3.8, 4) is 0 Å². The number of morpholine rings is 1. The van der Waals surface area contributed by atoms with Gasteiger partial charge < -0.3 is 10.1 Å². The molecule has 2 unspecified atom stereocenters. The maximum atomic E-state index is 5.53. The summed E-state index contributed by atoms with van der Waals surface area (Å²) in [6.07, 6.45) is 0.362. The molecule has 66 valence electrons. The highest BCUT2D eigenvalue weighted by Gasteiger charge is 2.25. The van der Waals surface area contributed by atoms with Crippen LogP contribution in [0.2, 0.25) is 0 Å². The summed E-state index contributed by atoms with van der Waals surface area (Å²) in [5.74, 6) is 0. The SMILES string of the molecule is CNCC1C(C)OCCN1C. The molecule has 1 rings (SSSR count). The fourth-order valence-corrected chi connectivity index (χ4v) is 1.55. The van der Waals surface area contributed by atoms with Crippen LogP contribution >= 0.6 is 0 Å². The second-order valence-electron chi connectivity index (χ2n) is 3.18. The zero-order valence-corrected chi connectivity index (χ0v) is 7.63. The molecule has 0 amide bonds. The molecule has 0 radical (unpaired) electrons. The summed E-state index contributed by atoms with van der Waals surface area (Å²) in [7, 11) is 4.14. The Balaban J connectivity index is 2.41. The van der Waals surface area contributed by atoms with Crippen LogP contribution in [0, 0.1) is 0 Å². The van der Waals surface area contributed by atoms with Gasteiger partial charge in [0.1, 0.15) is 0 Å². The minimum absolute atomic E-state index is 0.362. The van der Waals surface area contributed by atoms with E-state index in [0.717, 1.165) is 19.7 Å². The van der Waals surface area contributed by atoms with Gasteiger partial charge in [0.25, 0.3) is 0 Å². The standard InChI is InChI=1S/C8H18N2O/c1-7-8(6-9-2)10(3)4-5-11-7/h7-9H,4-6H2,1-3H3. The fraction of sp³-hybridized carbons (Fsp3) is 1.00. The minimum Gasteiger partial charge on any atom is -0.376 e. The summed E-state index contributed by atoms with van der Waals surface area (Å²) in [4.78, 5) is 2.35. The molecule has 0 spiro atoms. The Kier molecular flexibility index (Phi) is 3.30. The van der Waals surface area contributed by atoms with Crippen LogP contribution in [0.15, 0.2) is 0 Å². The van der Waals surface area contributed by atoms with E-state index in [-0.39, 0.29) is 0 Å². The first-order valence-corrected chi connectivity index (χ1v) is 4.22. The van der Waals surface area contributed by atoms with Crippen molar-refractivity contribution in [2.24, 2.45) is 0 Å². The molecule has 0 bridgehead atoms. The monoisotopic (exact) mass is 158 g/mol. The first-order valence-electron chi connectivity index (χ1n) is 4.22. The molecule has 0 aromatic heterocycles. The normalized spacial score (nSPS) is 34.1. The van der Waals surface area contributed by atoms with Gasteiger partial charge in [0.15, 0.2) is 0 Å². The maximum absolute atomic E-state index is 5.53. The Bertz CT molecular complexity index is 109. The van der Waals surface area contributed by atoms with Gasteiger partial charge in [0.2, 0.25) is 0 Å². The highest BCUT2D eigenvalue weighted by molar-refractivity contribution is 4.80. The summed E-state index contributed by atoms with van der Waals surface area (Å²) in [5.41, 5.74) is 0. The zero-order chi connectivity index (χ0) is 8.27. The van der Waals surface area contributed by atoms with Crippen LogP contribution < -0.4 is 5.32 Å². The molecule has 1 heterocycles. The summed E-state index contributed by atoms with van der Waals surface area (Å²) in [5, 5.41) is 3.18. The lowest BCUT2D eigenvalue weighted by Crippen LogP contribution is -2.52. The predicted molar refractivity (Wildman–Crippen MR) is 45.8 cm³/mol. The third-order valence-corrected chi connectivity index (χ3v) is 2.35. The van der Waals surface area contributed by atoms with Crippen LogP contribution in [-0.4, -0.2) is 50.8 Å². The van der Waals surface area contributed by atoms with Crippen molar-refractivity contribution in [2.45, 2.75) is 19.1 Å². The van der Waals surface area contributed by atoms with Crippen LogP contribution in [0.1, 0.15) is 6.92 Å². The van der Waals surface area contributed by atoms with E-state index in [2.05, 4.69) is 24.2 Å². The van der Waals surface area contributed by atoms with Crippen LogP contribution in [0.4, 0.5) is 0 Å². The number of hydrogen-bond donors (Lipinski definition) is 1. The van der Waals surface area contributed by atoms with Gasteiger partial charge in [0.05, 0.1) is 12.7 Å². The molecular formula is C8H18N2O. The first kappa shape index (κ1) is 8.97. The van der Waals surface area contributed by atoms with E-state index in [9.17, 15) is 0 Å².